The summed E-state index contributed by atoms with van der Waals surface area (Å²) in [7, 11) is 0. The molecule has 7 heteroatoms. The Balaban J connectivity index is 1.96. The van der Waals surface area contributed by atoms with Crippen LogP contribution in [-0.2, 0) is 0 Å². The number of nitrogens with two attached hydrogens (primary N) is 2. The number of nitrogen functional groups attached to an aromatic ring is 1. The molecule has 0 unspecified atom stereocenters. The molecule has 6 N–H and O–H groups in total. The largest absolute Gasteiger partial charge is 0.398 e. The topological polar surface area (TPSA) is 131 Å². The average Bonchev–Trinajstić information content (AvgIpc) is 2.61. The number of amides is 1. The van der Waals surface area contributed by atoms with Crippen molar-refractivity contribution in [3.05, 3.63) is 66.0 Å². The summed E-state index contributed by atoms with van der Waals surface area (Å²) in [5, 5.41) is 10.6. The van der Waals surface area contributed by atoms with Crippen LogP contribution >= 0.6 is 0 Å². The van der Waals surface area contributed by atoms with E-state index in [4.69, 9.17) is 16.9 Å². The first-order chi connectivity index (χ1) is 12.1. The number of pyridine rings is 2. The van der Waals surface area contributed by atoms with Crippen LogP contribution in [0.4, 0.5) is 11.5 Å². The highest BCUT2D eigenvalue weighted by molar-refractivity contribution is 6.09. The molecule has 1 amide bonds. The zero-order chi connectivity index (χ0) is 17.8. The molecule has 0 fully saturated rings. The van der Waals surface area contributed by atoms with Gasteiger partial charge in [0.1, 0.15) is 5.82 Å². The number of nitrogens with one attached hydrogen (secondary N) is 2. The summed E-state index contributed by atoms with van der Waals surface area (Å²) < 4.78 is 0. The van der Waals surface area contributed by atoms with E-state index < -0.39 is 0 Å². The van der Waals surface area contributed by atoms with Gasteiger partial charge in [0, 0.05) is 23.5 Å². The van der Waals surface area contributed by atoms with E-state index in [1.807, 2.05) is 6.07 Å². The molecule has 0 aliphatic rings. The summed E-state index contributed by atoms with van der Waals surface area (Å²) in [4.78, 5) is 20.7. The lowest BCUT2D eigenvalue weighted by Gasteiger charge is -2.09. The molecule has 0 saturated carbocycles. The van der Waals surface area contributed by atoms with Gasteiger partial charge in [-0.1, -0.05) is 12.1 Å². The van der Waals surface area contributed by atoms with Crippen LogP contribution in [0.25, 0.3) is 16.6 Å². The first-order valence-corrected chi connectivity index (χ1v) is 7.47. The predicted octanol–water partition coefficient (Wildman–Crippen LogP) is 2.41. The van der Waals surface area contributed by atoms with Crippen molar-refractivity contribution in [1.82, 2.24) is 9.97 Å². The minimum absolute atomic E-state index is 0.126. The SMILES string of the molecule is N=C/C=C(\N)c1ccc2cc(C(=O)Nc3cccnc3)c(N)nc2c1. The number of aromatic nitrogens is 2. The van der Waals surface area contributed by atoms with Crippen LogP contribution in [0.2, 0.25) is 0 Å². The molecule has 7 nitrogen and oxygen atoms in total. The van der Waals surface area contributed by atoms with Crippen LogP contribution in [0.3, 0.4) is 0 Å². The van der Waals surface area contributed by atoms with Crippen LogP contribution < -0.4 is 16.8 Å². The fourth-order valence-corrected chi connectivity index (χ4v) is 2.36. The standard InChI is InChI=1S/C18H16N6O/c19-6-5-15(20)11-3-4-12-8-14(17(21)24-16(12)9-11)18(25)23-13-2-1-7-22-10-13/h1-10,19H,20H2,(H2,21,24)(H,23,25)/b15-5-,19-6?. The molecular weight excluding hydrogens is 316 g/mol. The third-order valence-electron chi connectivity index (χ3n) is 3.61. The quantitative estimate of drug-likeness (QED) is 0.545. The first kappa shape index (κ1) is 16.1. The van der Waals surface area contributed by atoms with Crippen molar-refractivity contribution in [3.8, 4) is 0 Å². The molecule has 1 aromatic carbocycles. The number of hydrogen-bond donors (Lipinski definition) is 4. The summed E-state index contributed by atoms with van der Waals surface area (Å²) in [5.74, 6) is -0.229. The maximum Gasteiger partial charge on any atom is 0.259 e. The van der Waals surface area contributed by atoms with Crippen molar-refractivity contribution in [2.24, 2.45) is 5.73 Å². The molecule has 2 aromatic heterocycles. The number of fused-ring (bicyclic) bond motifs is 1. The molecule has 3 rings (SSSR count). The second-order valence-corrected chi connectivity index (χ2v) is 5.31. The number of anilines is 2. The van der Waals surface area contributed by atoms with Gasteiger partial charge in [0.2, 0.25) is 0 Å². The second kappa shape index (κ2) is 6.79. The fourth-order valence-electron chi connectivity index (χ4n) is 2.36. The number of carbonyl (C=O) groups is 1. The maximum absolute atomic E-state index is 12.4. The van der Waals surface area contributed by atoms with Gasteiger partial charge in [0.05, 0.1) is 23.0 Å². The van der Waals surface area contributed by atoms with Crippen molar-refractivity contribution in [2.45, 2.75) is 0 Å². The minimum atomic E-state index is -0.354. The van der Waals surface area contributed by atoms with Crippen LogP contribution in [0.1, 0.15) is 15.9 Å². The van der Waals surface area contributed by atoms with E-state index in [9.17, 15) is 4.79 Å². The Bertz CT molecular complexity index is 982. The molecule has 3 aromatic rings. The third-order valence-corrected chi connectivity index (χ3v) is 3.61. The van der Waals surface area contributed by atoms with Gasteiger partial charge in [-0.2, -0.15) is 0 Å². The van der Waals surface area contributed by atoms with Crippen molar-refractivity contribution >= 4 is 40.2 Å². The Morgan fingerprint density at radius 2 is 2.08 bits per heavy atom. The summed E-state index contributed by atoms with van der Waals surface area (Å²) >= 11 is 0. The molecule has 0 saturated heterocycles. The highest BCUT2D eigenvalue weighted by Gasteiger charge is 2.13. The summed E-state index contributed by atoms with van der Waals surface area (Å²) in [5.41, 5.74) is 14.5. The van der Waals surface area contributed by atoms with E-state index in [2.05, 4.69) is 15.3 Å². The fraction of sp³-hybridized carbons (Fsp3) is 0. The van der Waals surface area contributed by atoms with Gasteiger partial charge in [-0.15, -0.1) is 0 Å². The van der Waals surface area contributed by atoms with Crippen molar-refractivity contribution in [1.29, 1.82) is 5.41 Å². The van der Waals surface area contributed by atoms with Crippen molar-refractivity contribution < 1.29 is 4.79 Å². The highest BCUT2D eigenvalue weighted by Crippen LogP contribution is 2.22. The zero-order valence-electron chi connectivity index (χ0n) is 13.2. The number of carbonyl (C=O) groups excluding carboxylic acids is 1. The van der Waals surface area contributed by atoms with E-state index >= 15 is 0 Å². The number of allylic oxidation sites excluding steroid dienone is 1. The smallest absolute Gasteiger partial charge is 0.259 e. The summed E-state index contributed by atoms with van der Waals surface area (Å²) in [6.07, 6.45) is 5.78. The van der Waals surface area contributed by atoms with Gasteiger partial charge < -0.3 is 22.2 Å². The Kier molecular flexibility index (Phi) is 4.38. The molecule has 0 atom stereocenters. The van der Waals surface area contributed by atoms with Gasteiger partial charge in [-0.25, -0.2) is 4.98 Å². The van der Waals surface area contributed by atoms with E-state index in [-0.39, 0.29) is 17.3 Å². The summed E-state index contributed by atoms with van der Waals surface area (Å²) in [6.45, 7) is 0. The Morgan fingerprint density at radius 3 is 2.80 bits per heavy atom. The van der Waals surface area contributed by atoms with Gasteiger partial charge in [0.25, 0.3) is 5.91 Å². The zero-order valence-corrected chi connectivity index (χ0v) is 13.2. The third kappa shape index (κ3) is 3.45. The maximum atomic E-state index is 12.4. The molecular formula is C18H16N6O. The van der Waals surface area contributed by atoms with Crippen LogP contribution in [0, 0.1) is 5.41 Å². The Labute approximate surface area is 143 Å². The molecule has 0 spiro atoms. The number of rotatable bonds is 4. The van der Waals surface area contributed by atoms with E-state index in [1.54, 1.807) is 42.7 Å². The molecule has 0 radical (unpaired) electrons. The lowest BCUT2D eigenvalue weighted by molar-refractivity contribution is 0.102. The van der Waals surface area contributed by atoms with Gasteiger partial charge in [-0.05, 0) is 35.9 Å². The lowest BCUT2D eigenvalue weighted by atomic mass is 10.1. The average molecular weight is 332 g/mol. The Morgan fingerprint density at radius 1 is 1.24 bits per heavy atom. The number of nitrogens with zero attached hydrogens (tertiary/aromatic N) is 2. The molecule has 0 aliphatic heterocycles. The van der Waals surface area contributed by atoms with Crippen molar-refractivity contribution in [2.75, 3.05) is 11.1 Å². The minimum Gasteiger partial charge on any atom is -0.398 e. The van der Waals surface area contributed by atoms with Crippen LogP contribution in [-0.4, -0.2) is 22.1 Å². The predicted molar refractivity (Wildman–Crippen MR) is 99.3 cm³/mol. The van der Waals surface area contributed by atoms with E-state index in [0.29, 0.717) is 16.9 Å². The number of benzene rings is 1. The van der Waals surface area contributed by atoms with E-state index in [0.717, 1.165) is 17.2 Å². The summed E-state index contributed by atoms with van der Waals surface area (Å²) in [6, 6.07) is 10.5. The first-order valence-electron chi connectivity index (χ1n) is 7.47. The molecule has 124 valence electrons. The lowest BCUT2D eigenvalue weighted by Crippen LogP contribution is -2.15. The highest BCUT2D eigenvalue weighted by atomic mass is 16.1. The monoisotopic (exact) mass is 332 g/mol. The molecule has 0 aliphatic carbocycles. The van der Waals surface area contributed by atoms with Gasteiger partial charge in [-0.3, -0.25) is 9.78 Å². The van der Waals surface area contributed by atoms with E-state index in [1.165, 1.54) is 6.08 Å². The van der Waals surface area contributed by atoms with Crippen LogP contribution in [0.15, 0.2) is 54.9 Å². The van der Waals surface area contributed by atoms with Gasteiger partial charge in [0.15, 0.2) is 0 Å². The number of hydrogen-bond acceptors (Lipinski definition) is 6. The molecule has 0 bridgehead atoms. The normalized spacial score (nSPS) is 11.3. The second-order valence-electron chi connectivity index (χ2n) is 5.31. The molecule has 2 heterocycles. The molecule has 25 heavy (non-hydrogen) atoms. The van der Waals surface area contributed by atoms with Gasteiger partial charge >= 0.3 is 0 Å². The van der Waals surface area contributed by atoms with Crippen molar-refractivity contribution in [3.63, 3.8) is 0 Å². The van der Waals surface area contributed by atoms with Crippen LogP contribution in [0.5, 0.6) is 0 Å². The Hall–Kier alpha value is -3.74.